The van der Waals surface area contributed by atoms with Crippen LogP contribution in [0.5, 0.6) is 0 Å². The Labute approximate surface area is 191 Å². The maximum atomic E-state index is 13.4. The molecule has 1 heterocycles. The fraction of sp³-hybridized carbons (Fsp3) is 0.478. The number of halogens is 6. The van der Waals surface area contributed by atoms with E-state index in [1.54, 1.807) is 26.2 Å². The van der Waals surface area contributed by atoms with Crippen LogP contribution >= 0.6 is 8.45 Å². The van der Waals surface area contributed by atoms with E-state index in [0.717, 1.165) is 30.7 Å². The summed E-state index contributed by atoms with van der Waals surface area (Å²) in [6.45, 7) is 4.50. The van der Waals surface area contributed by atoms with E-state index in [2.05, 4.69) is 0 Å². The summed E-state index contributed by atoms with van der Waals surface area (Å²) in [5.74, 6) is 0.272. The highest BCUT2D eigenvalue weighted by atomic mass is 31.2. The van der Waals surface area contributed by atoms with Gasteiger partial charge in [0.15, 0.2) is 8.45 Å². The average Bonchev–Trinajstić information content (AvgIpc) is 3.00. The van der Waals surface area contributed by atoms with Crippen molar-refractivity contribution in [3.8, 4) is 0 Å². The normalized spacial score (nSPS) is 22.1. The van der Waals surface area contributed by atoms with E-state index >= 15 is 0 Å². The molecule has 0 aliphatic carbocycles. The van der Waals surface area contributed by atoms with Crippen molar-refractivity contribution >= 4 is 8.45 Å². The third kappa shape index (κ3) is 5.70. The standard InChI is InChI=1S/C23H27F6N2OP/c1-5-15(2)14-32-33-30(3)20(16-8-6-10-18(12-16)22(24,25)26)21(31(33)4)17-9-7-11-19(13-17)23(27,28)29/h6-13,15,20-21H,5,14H2,1-4H3/t15?,20-,21-/m0/s1. The zero-order valence-corrected chi connectivity index (χ0v) is 19.7. The van der Waals surface area contributed by atoms with Crippen LogP contribution in [0.4, 0.5) is 26.3 Å². The number of rotatable bonds is 6. The number of nitrogens with zero attached hydrogens (tertiary/aromatic N) is 2. The van der Waals surface area contributed by atoms with Crippen LogP contribution < -0.4 is 0 Å². The molecule has 33 heavy (non-hydrogen) atoms. The summed E-state index contributed by atoms with van der Waals surface area (Å²) in [7, 11) is 2.09. The van der Waals surface area contributed by atoms with Gasteiger partial charge >= 0.3 is 12.4 Å². The molecule has 1 fully saturated rings. The van der Waals surface area contributed by atoms with E-state index in [0.29, 0.717) is 17.7 Å². The minimum atomic E-state index is -4.53. The van der Waals surface area contributed by atoms with Gasteiger partial charge in [0, 0.05) is 0 Å². The van der Waals surface area contributed by atoms with E-state index in [9.17, 15) is 26.3 Å². The van der Waals surface area contributed by atoms with Crippen molar-refractivity contribution in [1.29, 1.82) is 0 Å². The van der Waals surface area contributed by atoms with E-state index in [1.807, 2.05) is 23.2 Å². The third-order valence-electron chi connectivity index (χ3n) is 5.93. The molecule has 10 heteroatoms. The largest absolute Gasteiger partial charge is 0.416 e. The predicted molar refractivity (Wildman–Crippen MR) is 116 cm³/mol. The number of alkyl halides is 6. The lowest BCUT2D eigenvalue weighted by molar-refractivity contribution is -0.138. The Morgan fingerprint density at radius 2 is 1.27 bits per heavy atom. The van der Waals surface area contributed by atoms with Crippen LogP contribution in [-0.4, -0.2) is 30.0 Å². The van der Waals surface area contributed by atoms with Crippen molar-refractivity contribution in [2.45, 2.75) is 44.7 Å². The van der Waals surface area contributed by atoms with Crippen LogP contribution in [0.2, 0.25) is 0 Å². The number of hydrogen-bond acceptors (Lipinski definition) is 3. The Morgan fingerprint density at radius 1 is 0.848 bits per heavy atom. The molecule has 1 aliphatic heterocycles. The molecular formula is C23H27F6N2OP. The van der Waals surface area contributed by atoms with E-state index in [-0.39, 0.29) is 5.92 Å². The van der Waals surface area contributed by atoms with Crippen molar-refractivity contribution in [1.82, 2.24) is 9.34 Å². The lowest BCUT2D eigenvalue weighted by atomic mass is 9.91. The van der Waals surface area contributed by atoms with Crippen LogP contribution in [0, 0.1) is 5.92 Å². The van der Waals surface area contributed by atoms with Crippen molar-refractivity contribution in [3.63, 3.8) is 0 Å². The first-order valence-corrected chi connectivity index (χ1v) is 11.7. The molecule has 0 bridgehead atoms. The molecule has 0 aromatic heterocycles. The molecule has 182 valence electrons. The maximum absolute atomic E-state index is 13.4. The molecule has 1 unspecified atom stereocenters. The molecule has 2 aromatic rings. The summed E-state index contributed by atoms with van der Waals surface area (Å²) >= 11 is 0. The quantitative estimate of drug-likeness (QED) is 0.304. The second-order valence-electron chi connectivity index (χ2n) is 8.35. The van der Waals surface area contributed by atoms with Crippen molar-refractivity contribution in [2.75, 3.05) is 20.7 Å². The van der Waals surface area contributed by atoms with Crippen LogP contribution in [0.1, 0.15) is 54.6 Å². The Balaban J connectivity index is 2.07. The molecule has 0 spiro atoms. The van der Waals surface area contributed by atoms with Crippen molar-refractivity contribution in [2.24, 2.45) is 5.92 Å². The first-order chi connectivity index (χ1) is 15.3. The van der Waals surface area contributed by atoms with Crippen LogP contribution in [0.3, 0.4) is 0 Å². The maximum Gasteiger partial charge on any atom is 0.416 e. The van der Waals surface area contributed by atoms with Crippen LogP contribution in [-0.2, 0) is 16.9 Å². The SMILES string of the molecule is CCC(C)COP1N(C)[C@@H](c2cccc(C(F)(F)F)c2)[C@H](c2cccc(C(F)(F)F)c2)N1C. The zero-order chi connectivity index (χ0) is 24.6. The van der Waals surface area contributed by atoms with Crippen molar-refractivity contribution in [3.05, 3.63) is 70.8 Å². The van der Waals surface area contributed by atoms with Gasteiger partial charge in [0.1, 0.15) is 0 Å². The highest BCUT2D eigenvalue weighted by Gasteiger charge is 2.47. The van der Waals surface area contributed by atoms with Crippen molar-refractivity contribution < 1.29 is 30.9 Å². The van der Waals surface area contributed by atoms with E-state index in [4.69, 9.17) is 4.52 Å². The summed E-state index contributed by atoms with van der Waals surface area (Å²) in [4.78, 5) is 0. The fourth-order valence-electron chi connectivity index (χ4n) is 3.93. The molecule has 3 nitrogen and oxygen atoms in total. The van der Waals surface area contributed by atoms with Gasteiger partial charge in [-0.25, -0.2) is 9.34 Å². The molecule has 3 rings (SSSR count). The molecule has 3 atom stereocenters. The highest BCUT2D eigenvalue weighted by Crippen LogP contribution is 2.63. The summed E-state index contributed by atoms with van der Waals surface area (Å²) in [5, 5.41) is 0. The fourth-order valence-corrected chi connectivity index (χ4v) is 6.07. The third-order valence-corrected chi connectivity index (χ3v) is 7.88. The molecule has 0 amide bonds. The number of hydrogen-bond donors (Lipinski definition) is 0. The van der Waals surface area contributed by atoms with Gasteiger partial charge in [0.2, 0.25) is 0 Å². The van der Waals surface area contributed by atoms with Crippen LogP contribution in [0.25, 0.3) is 0 Å². The minimum Gasteiger partial charge on any atom is -0.331 e. The highest BCUT2D eigenvalue weighted by molar-refractivity contribution is 7.47. The van der Waals surface area contributed by atoms with Gasteiger partial charge in [-0.3, -0.25) is 0 Å². The molecule has 0 radical (unpaired) electrons. The molecule has 2 aromatic carbocycles. The summed E-state index contributed by atoms with van der Waals surface area (Å²) in [6, 6.07) is 8.70. The minimum absolute atomic E-state index is 0.272. The average molecular weight is 492 g/mol. The van der Waals surface area contributed by atoms with Gasteiger partial charge in [-0.2, -0.15) is 26.3 Å². The summed E-state index contributed by atoms with van der Waals surface area (Å²) in [6.07, 6.45) is -8.16. The predicted octanol–water partition coefficient (Wildman–Crippen LogP) is 7.67. The van der Waals surface area contributed by atoms with E-state index in [1.165, 1.54) is 12.1 Å². The Bertz CT molecular complexity index is 882. The number of likely N-dealkylation sites (N-methyl/N-ethyl adjacent to an activating group) is 2. The first kappa shape index (κ1) is 25.9. The van der Waals surface area contributed by atoms with Gasteiger partial charge in [-0.15, -0.1) is 0 Å². The first-order valence-electron chi connectivity index (χ1n) is 10.6. The van der Waals surface area contributed by atoms with Gasteiger partial charge < -0.3 is 4.52 Å². The molecule has 0 N–H and O–H groups in total. The van der Waals surface area contributed by atoms with Crippen LogP contribution in [0.15, 0.2) is 48.5 Å². The van der Waals surface area contributed by atoms with Gasteiger partial charge in [-0.05, 0) is 55.4 Å². The molecule has 0 saturated carbocycles. The second kappa shape index (κ2) is 9.90. The smallest absolute Gasteiger partial charge is 0.331 e. The Kier molecular flexibility index (Phi) is 7.79. The lowest BCUT2D eigenvalue weighted by Gasteiger charge is -2.27. The summed E-state index contributed by atoms with van der Waals surface area (Å²) in [5.41, 5.74) is -0.844. The lowest BCUT2D eigenvalue weighted by Crippen LogP contribution is -2.22. The molecular weight excluding hydrogens is 465 g/mol. The van der Waals surface area contributed by atoms with E-state index < -0.39 is 44.0 Å². The van der Waals surface area contributed by atoms with Gasteiger partial charge in [-0.1, -0.05) is 44.5 Å². The topological polar surface area (TPSA) is 15.7 Å². The van der Waals surface area contributed by atoms with Gasteiger partial charge in [0.05, 0.1) is 29.8 Å². The number of benzene rings is 2. The Morgan fingerprint density at radius 3 is 1.64 bits per heavy atom. The summed E-state index contributed by atoms with van der Waals surface area (Å²) < 4.78 is 90.2. The molecule has 1 aliphatic rings. The Hall–Kier alpha value is -1.67. The van der Waals surface area contributed by atoms with Gasteiger partial charge in [0.25, 0.3) is 0 Å². The molecule has 1 saturated heterocycles. The second-order valence-corrected chi connectivity index (χ2v) is 10.4. The zero-order valence-electron chi connectivity index (χ0n) is 18.8. The monoisotopic (exact) mass is 492 g/mol.